The first kappa shape index (κ1) is 10.7. The molecule has 1 aromatic rings. The fourth-order valence-electron chi connectivity index (χ4n) is 1.84. The van der Waals surface area contributed by atoms with Crippen molar-refractivity contribution in [2.75, 3.05) is 19.0 Å². The van der Waals surface area contributed by atoms with E-state index in [-0.39, 0.29) is 11.9 Å². The van der Waals surface area contributed by atoms with Crippen molar-refractivity contribution < 1.29 is 9.53 Å². The number of carbonyl (C=O) groups excluding carboxylic acids is 1. The van der Waals surface area contributed by atoms with E-state index >= 15 is 0 Å². The fraction of sp³-hybridized carbons (Fsp3) is 0.308. The van der Waals surface area contributed by atoms with E-state index in [9.17, 15) is 4.79 Å². The maximum atomic E-state index is 11.6. The van der Waals surface area contributed by atoms with Gasteiger partial charge < -0.3 is 10.1 Å². The van der Waals surface area contributed by atoms with Gasteiger partial charge in [-0.1, -0.05) is 25.1 Å². The predicted molar refractivity (Wildman–Crippen MR) is 64.1 cm³/mol. The largest absolute Gasteiger partial charge is 0.466 e. The van der Waals surface area contributed by atoms with Crippen LogP contribution >= 0.6 is 0 Å². The zero-order valence-electron chi connectivity index (χ0n) is 9.49. The molecule has 1 aliphatic heterocycles. The number of rotatable bonds is 1. The number of esters is 1. The second-order valence-electron chi connectivity index (χ2n) is 3.96. The predicted octanol–water partition coefficient (Wildman–Crippen LogP) is 2.30. The summed E-state index contributed by atoms with van der Waals surface area (Å²) in [6.45, 7) is 2.76. The summed E-state index contributed by atoms with van der Waals surface area (Å²) in [5, 5.41) is 3.32. The van der Waals surface area contributed by atoms with E-state index in [4.69, 9.17) is 4.74 Å². The Labute approximate surface area is 95.1 Å². The third-order valence-electron chi connectivity index (χ3n) is 2.82. The molecule has 1 aliphatic rings. The molecule has 0 bridgehead atoms. The van der Waals surface area contributed by atoms with Crippen LogP contribution in [0.5, 0.6) is 0 Å². The van der Waals surface area contributed by atoms with Crippen LogP contribution < -0.4 is 5.32 Å². The lowest BCUT2D eigenvalue weighted by atomic mass is 10.00. The third kappa shape index (κ3) is 1.94. The van der Waals surface area contributed by atoms with E-state index in [0.717, 1.165) is 23.4 Å². The molecule has 0 fully saturated rings. The Morgan fingerprint density at radius 3 is 2.94 bits per heavy atom. The summed E-state index contributed by atoms with van der Waals surface area (Å²) in [6, 6.07) is 7.94. The molecule has 3 nitrogen and oxygen atoms in total. The number of ether oxygens (including phenoxy) is 1. The lowest BCUT2D eigenvalue weighted by molar-refractivity contribution is -0.136. The van der Waals surface area contributed by atoms with Gasteiger partial charge in [0.15, 0.2) is 0 Å². The summed E-state index contributed by atoms with van der Waals surface area (Å²) in [5.74, 6) is -0.0918. The van der Waals surface area contributed by atoms with Gasteiger partial charge in [0.25, 0.3) is 0 Å². The van der Waals surface area contributed by atoms with Gasteiger partial charge in [0.1, 0.15) is 0 Å². The maximum Gasteiger partial charge on any atom is 0.334 e. The van der Waals surface area contributed by atoms with Crippen LogP contribution in [0.25, 0.3) is 6.08 Å². The van der Waals surface area contributed by atoms with Crippen molar-refractivity contribution in [1.82, 2.24) is 0 Å². The molecule has 0 radical (unpaired) electrons. The third-order valence-corrected chi connectivity index (χ3v) is 2.82. The average Bonchev–Trinajstić information content (AvgIpc) is 2.48. The van der Waals surface area contributed by atoms with Gasteiger partial charge in [0.05, 0.1) is 7.11 Å². The first-order valence-electron chi connectivity index (χ1n) is 5.35. The Morgan fingerprint density at radius 2 is 2.19 bits per heavy atom. The molecule has 16 heavy (non-hydrogen) atoms. The summed E-state index contributed by atoms with van der Waals surface area (Å²) in [6.07, 6.45) is 1.91. The Bertz CT molecular complexity index is 437. The standard InChI is InChI=1S/C13H15NO2/c1-9-8-14-12-6-4-3-5-10(12)7-11(9)13(15)16-2/h3-7,9,14H,8H2,1-2H3. The van der Waals surface area contributed by atoms with Crippen molar-refractivity contribution in [1.29, 1.82) is 0 Å². The number of para-hydroxylation sites is 1. The SMILES string of the molecule is COC(=O)C1=Cc2ccccc2NCC1C. The highest BCUT2D eigenvalue weighted by Gasteiger charge is 2.20. The number of nitrogens with one attached hydrogen (secondary N) is 1. The van der Waals surface area contributed by atoms with Crippen LogP contribution in [0.3, 0.4) is 0 Å². The Hall–Kier alpha value is -1.77. The van der Waals surface area contributed by atoms with Gasteiger partial charge in [0, 0.05) is 23.7 Å². The Balaban J connectivity index is 2.44. The highest BCUT2D eigenvalue weighted by Crippen LogP contribution is 2.26. The first-order chi connectivity index (χ1) is 7.72. The van der Waals surface area contributed by atoms with Crippen LogP contribution in [-0.4, -0.2) is 19.6 Å². The van der Waals surface area contributed by atoms with Gasteiger partial charge in [-0.05, 0) is 17.7 Å². The van der Waals surface area contributed by atoms with E-state index in [1.807, 2.05) is 37.3 Å². The van der Waals surface area contributed by atoms with Crippen molar-refractivity contribution in [3.05, 3.63) is 35.4 Å². The summed E-state index contributed by atoms with van der Waals surface area (Å²) < 4.78 is 4.80. The second kappa shape index (κ2) is 4.39. The van der Waals surface area contributed by atoms with Gasteiger partial charge in [-0.15, -0.1) is 0 Å². The smallest absolute Gasteiger partial charge is 0.334 e. The van der Waals surface area contributed by atoms with E-state index in [0.29, 0.717) is 0 Å². The normalized spacial score (nSPS) is 18.9. The van der Waals surface area contributed by atoms with Gasteiger partial charge in [-0.3, -0.25) is 0 Å². The molecular weight excluding hydrogens is 202 g/mol. The minimum atomic E-state index is -0.244. The lowest BCUT2D eigenvalue weighted by Gasteiger charge is -2.12. The van der Waals surface area contributed by atoms with Crippen LogP contribution in [0, 0.1) is 5.92 Å². The number of methoxy groups -OCH3 is 1. The number of benzene rings is 1. The van der Waals surface area contributed by atoms with Crippen LogP contribution in [0.4, 0.5) is 5.69 Å². The highest BCUT2D eigenvalue weighted by molar-refractivity contribution is 5.95. The van der Waals surface area contributed by atoms with E-state index in [2.05, 4.69) is 5.32 Å². The minimum Gasteiger partial charge on any atom is -0.466 e. The molecule has 1 atom stereocenters. The topological polar surface area (TPSA) is 38.3 Å². The van der Waals surface area contributed by atoms with Gasteiger partial charge in [0.2, 0.25) is 0 Å². The van der Waals surface area contributed by atoms with Crippen molar-refractivity contribution >= 4 is 17.7 Å². The molecule has 0 spiro atoms. The van der Waals surface area contributed by atoms with Crippen LogP contribution in [0.2, 0.25) is 0 Å². The van der Waals surface area contributed by atoms with E-state index < -0.39 is 0 Å². The lowest BCUT2D eigenvalue weighted by Crippen LogP contribution is -2.17. The molecule has 1 aromatic carbocycles. The van der Waals surface area contributed by atoms with Crippen LogP contribution in [0.1, 0.15) is 12.5 Å². The number of carbonyl (C=O) groups is 1. The number of anilines is 1. The second-order valence-corrected chi connectivity index (χ2v) is 3.96. The summed E-state index contributed by atoms with van der Waals surface area (Å²) in [4.78, 5) is 11.6. The molecule has 0 saturated heterocycles. The molecule has 1 unspecified atom stereocenters. The van der Waals surface area contributed by atoms with Gasteiger partial charge in [-0.2, -0.15) is 0 Å². The maximum absolute atomic E-state index is 11.6. The number of fused-ring (bicyclic) bond motifs is 1. The molecule has 0 aromatic heterocycles. The molecule has 3 heteroatoms. The zero-order valence-corrected chi connectivity index (χ0v) is 9.49. The Kier molecular flexibility index (Phi) is 2.95. The number of hydrogen-bond donors (Lipinski definition) is 1. The summed E-state index contributed by atoms with van der Waals surface area (Å²) in [5.41, 5.74) is 2.82. The molecule has 1 heterocycles. The molecule has 0 saturated carbocycles. The summed E-state index contributed by atoms with van der Waals surface area (Å²) in [7, 11) is 1.42. The molecular formula is C13H15NO2. The Morgan fingerprint density at radius 1 is 1.44 bits per heavy atom. The van der Waals surface area contributed by atoms with Gasteiger partial charge >= 0.3 is 5.97 Å². The molecule has 1 N–H and O–H groups in total. The van der Waals surface area contributed by atoms with Crippen molar-refractivity contribution in [3.8, 4) is 0 Å². The van der Waals surface area contributed by atoms with Crippen molar-refractivity contribution in [2.24, 2.45) is 5.92 Å². The molecule has 84 valence electrons. The minimum absolute atomic E-state index is 0.153. The van der Waals surface area contributed by atoms with Crippen molar-refractivity contribution in [2.45, 2.75) is 6.92 Å². The monoisotopic (exact) mass is 217 g/mol. The van der Waals surface area contributed by atoms with Crippen LogP contribution in [0.15, 0.2) is 29.8 Å². The molecule has 2 rings (SSSR count). The quantitative estimate of drug-likeness (QED) is 0.733. The summed E-state index contributed by atoms with van der Waals surface area (Å²) >= 11 is 0. The highest BCUT2D eigenvalue weighted by atomic mass is 16.5. The van der Waals surface area contributed by atoms with Crippen molar-refractivity contribution in [3.63, 3.8) is 0 Å². The van der Waals surface area contributed by atoms with E-state index in [1.54, 1.807) is 0 Å². The van der Waals surface area contributed by atoms with Gasteiger partial charge in [-0.25, -0.2) is 4.79 Å². The molecule has 0 aliphatic carbocycles. The first-order valence-corrected chi connectivity index (χ1v) is 5.35. The number of hydrogen-bond acceptors (Lipinski definition) is 3. The fourth-order valence-corrected chi connectivity index (χ4v) is 1.84. The van der Waals surface area contributed by atoms with Crippen LogP contribution in [-0.2, 0) is 9.53 Å². The zero-order chi connectivity index (χ0) is 11.5. The molecule has 0 amide bonds. The average molecular weight is 217 g/mol. The van der Waals surface area contributed by atoms with E-state index in [1.165, 1.54) is 7.11 Å².